The predicted octanol–water partition coefficient (Wildman–Crippen LogP) is 1.58. The minimum Gasteiger partial charge on any atom is -0.350 e. The number of nitrogens with one attached hydrogen (secondary N) is 1. The molecule has 0 aliphatic rings. The van der Waals surface area contributed by atoms with Crippen LogP contribution in [0.15, 0.2) is 18.5 Å². The van der Waals surface area contributed by atoms with Crippen LogP contribution in [0, 0.1) is 11.3 Å². The van der Waals surface area contributed by atoms with Gasteiger partial charge in [0.05, 0.1) is 12.5 Å². The maximum atomic E-state index is 8.51. The van der Waals surface area contributed by atoms with Crippen molar-refractivity contribution in [2.24, 2.45) is 0 Å². The van der Waals surface area contributed by atoms with Crippen LogP contribution < -0.4 is 5.32 Å². The molecular formula is C9H12N4. The van der Waals surface area contributed by atoms with E-state index in [1.54, 1.807) is 18.5 Å². The molecule has 0 saturated carbocycles. The highest BCUT2D eigenvalue weighted by Crippen LogP contribution is 2.04. The summed E-state index contributed by atoms with van der Waals surface area (Å²) in [5.41, 5.74) is 0. The van der Waals surface area contributed by atoms with Crippen LogP contribution in [0.3, 0.4) is 0 Å². The molecule has 1 unspecified atom stereocenters. The van der Waals surface area contributed by atoms with E-state index in [-0.39, 0.29) is 6.04 Å². The number of hydrogen-bond acceptors (Lipinski definition) is 4. The molecule has 0 bridgehead atoms. The second kappa shape index (κ2) is 5.09. The van der Waals surface area contributed by atoms with Crippen LogP contribution >= 0.6 is 0 Å². The first-order chi connectivity index (χ1) is 6.36. The van der Waals surface area contributed by atoms with Gasteiger partial charge >= 0.3 is 0 Å². The molecule has 4 nitrogen and oxygen atoms in total. The normalized spacial score (nSPS) is 11.7. The summed E-state index contributed by atoms with van der Waals surface area (Å²) >= 11 is 0. The van der Waals surface area contributed by atoms with Gasteiger partial charge in [-0.1, -0.05) is 6.92 Å². The van der Waals surface area contributed by atoms with Crippen molar-refractivity contribution in [3.05, 3.63) is 18.5 Å². The number of nitrogens with zero attached hydrogens (tertiary/aromatic N) is 3. The first-order valence-electron chi connectivity index (χ1n) is 4.27. The van der Waals surface area contributed by atoms with E-state index >= 15 is 0 Å². The molecule has 0 spiro atoms. The lowest BCUT2D eigenvalue weighted by molar-refractivity contribution is 0.702. The number of rotatable bonds is 4. The molecule has 0 saturated heterocycles. The second-order valence-corrected chi connectivity index (χ2v) is 2.68. The summed E-state index contributed by atoms with van der Waals surface area (Å²) < 4.78 is 0. The van der Waals surface area contributed by atoms with Gasteiger partial charge < -0.3 is 5.32 Å². The van der Waals surface area contributed by atoms with Gasteiger partial charge in [-0.15, -0.1) is 0 Å². The van der Waals surface area contributed by atoms with Gasteiger partial charge in [0, 0.05) is 18.4 Å². The zero-order valence-corrected chi connectivity index (χ0v) is 7.57. The maximum Gasteiger partial charge on any atom is 0.222 e. The van der Waals surface area contributed by atoms with Crippen LogP contribution in [0.1, 0.15) is 19.8 Å². The van der Waals surface area contributed by atoms with Gasteiger partial charge in [0.2, 0.25) is 5.95 Å². The topological polar surface area (TPSA) is 61.6 Å². The molecule has 0 radical (unpaired) electrons. The van der Waals surface area contributed by atoms with Crippen LogP contribution in [0.25, 0.3) is 0 Å². The molecule has 4 heteroatoms. The van der Waals surface area contributed by atoms with Crippen molar-refractivity contribution in [3.8, 4) is 6.07 Å². The highest BCUT2D eigenvalue weighted by molar-refractivity contribution is 5.24. The first kappa shape index (κ1) is 9.46. The lowest BCUT2D eigenvalue weighted by Crippen LogP contribution is -2.19. The maximum absolute atomic E-state index is 8.51. The molecule has 1 heterocycles. The van der Waals surface area contributed by atoms with Gasteiger partial charge in [0.1, 0.15) is 0 Å². The number of nitriles is 1. The van der Waals surface area contributed by atoms with Crippen molar-refractivity contribution >= 4 is 5.95 Å². The second-order valence-electron chi connectivity index (χ2n) is 2.68. The molecule has 1 rings (SSSR count). The van der Waals surface area contributed by atoms with Crippen LogP contribution in [0.4, 0.5) is 5.95 Å². The molecular weight excluding hydrogens is 164 g/mol. The smallest absolute Gasteiger partial charge is 0.222 e. The molecule has 0 aromatic carbocycles. The quantitative estimate of drug-likeness (QED) is 0.756. The Morgan fingerprint density at radius 1 is 1.54 bits per heavy atom. The molecule has 13 heavy (non-hydrogen) atoms. The standard InChI is InChI=1S/C9H12N4/c1-2-8(4-5-10)13-9-11-6-3-7-12-9/h3,6-8H,2,4H2,1H3,(H,11,12,13). The number of hydrogen-bond donors (Lipinski definition) is 1. The SMILES string of the molecule is CCC(CC#N)Nc1ncccn1. The van der Waals surface area contributed by atoms with Crippen LogP contribution in [-0.4, -0.2) is 16.0 Å². The molecule has 1 aromatic rings. The lowest BCUT2D eigenvalue weighted by atomic mass is 10.2. The van der Waals surface area contributed by atoms with E-state index in [1.165, 1.54) is 0 Å². The summed E-state index contributed by atoms with van der Waals surface area (Å²) in [6, 6.07) is 4.03. The van der Waals surface area contributed by atoms with Crippen molar-refractivity contribution in [1.29, 1.82) is 5.26 Å². The molecule has 0 aliphatic carbocycles. The van der Waals surface area contributed by atoms with Crippen LogP contribution in [0.5, 0.6) is 0 Å². The minimum absolute atomic E-state index is 0.146. The third-order valence-corrected chi connectivity index (χ3v) is 1.73. The Labute approximate surface area is 77.6 Å². The van der Waals surface area contributed by atoms with E-state index in [4.69, 9.17) is 5.26 Å². The zero-order valence-electron chi connectivity index (χ0n) is 7.57. The van der Waals surface area contributed by atoms with E-state index in [0.717, 1.165) is 6.42 Å². The lowest BCUT2D eigenvalue weighted by Gasteiger charge is -2.12. The number of anilines is 1. The monoisotopic (exact) mass is 176 g/mol. The van der Waals surface area contributed by atoms with Gasteiger partial charge in [-0.05, 0) is 12.5 Å². The third kappa shape index (κ3) is 3.08. The Morgan fingerprint density at radius 2 is 2.23 bits per heavy atom. The third-order valence-electron chi connectivity index (χ3n) is 1.73. The van der Waals surface area contributed by atoms with Gasteiger partial charge in [-0.25, -0.2) is 9.97 Å². The molecule has 0 fully saturated rings. The largest absolute Gasteiger partial charge is 0.350 e. The fraction of sp³-hybridized carbons (Fsp3) is 0.444. The predicted molar refractivity (Wildman–Crippen MR) is 50.0 cm³/mol. The molecule has 0 amide bonds. The minimum atomic E-state index is 0.146. The Balaban J connectivity index is 2.53. The van der Waals surface area contributed by atoms with Crippen molar-refractivity contribution in [2.45, 2.75) is 25.8 Å². The average Bonchev–Trinajstić information content (AvgIpc) is 2.19. The number of aromatic nitrogens is 2. The van der Waals surface area contributed by atoms with E-state index < -0.39 is 0 Å². The summed E-state index contributed by atoms with van der Waals surface area (Å²) in [6.07, 6.45) is 4.73. The van der Waals surface area contributed by atoms with Crippen molar-refractivity contribution in [1.82, 2.24) is 9.97 Å². The van der Waals surface area contributed by atoms with E-state index in [9.17, 15) is 0 Å². The highest BCUT2D eigenvalue weighted by Gasteiger charge is 2.05. The Hall–Kier alpha value is -1.63. The Morgan fingerprint density at radius 3 is 2.77 bits per heavy atom. The van der Waals surface area contributed by atoms with Gasteiger partial charge in [0.15, 0.2) is 0 Å². The van der Waals surface area contributed by atoms with Gasteiger partial charge in [0.25, 0.3) is 0 Å². The fourth-order valence-corrected chi connectivity index (χ4v) is 0.964. The summed E-state index contributed by atoms with van der Waals surface area (Å²) in [5, 5.41) is 11.6. The summed E-state index contributed by atoms with van der Waals surface area (Å²) in [7, 11) is 0. The Bertz CT molecular complexity index is 277. The molecule has 1 aromatic heterocycles. The van der Waals surface area contributed by atoms with Crippen LogP contribution in [-0.2, 0) is 0 Å². The zero-order chi connectivity index (χ0) is 9.52. The summed E-state index contributed by atoms with van der Waals surface area (Å²) in [5.74, 6) is 0.588. The van der Waals surface area contributed by atoms with E-state index in [1.807, 2.05) is 6.92 Å². The van der Waals surface area contributed by atoms with Crippen molar-refractivity contribution < 1.29 is 0 Å². The van der Waals surface area contributed by atoms with E-state index in [2.05, 4.69) is 21.4 Å². The molecule has 1 N–H and O–H groups in total. The summed E-state index contributed by atoms with van der Waals surface area (Å²) in [6.45, 7) is 2.03. The van der Waals surface area contributed by atoms with Crippen molar-refractivity contribution in [3.63, 3.8) is 0 Å². The fourth-order valence-electron chi connectivity index (χ4n) is 0.964. The Kier molecular flexibility index (Phi) is 3.71. The van der Waals surface area contributed by atoms with Crippen molar-refractivity contribution in [2.75, 3.05) is 5.32 Å². The molecule has 0 aliphatic heterocycles. The highest BCUT2D eigenvalue weighted by atomic mass is 15.1. The first-order valence-corrected chi connectivity index (χ1v) is 4.27. The average molecular weight is 176 g/mol. The molecule has 68 valence electrons. The van der Waals surface area contributed by atoms with Gasteiger partial charge in [-0.3, -0.25) is 0 Å². The van der Waals surface area contributed by atoms with Gasteiger partial charge in [-0.2, -0.15) is 5.26 Å². The summed E-state index contributed by atoms with van der Waals surface area (Å²) in [4.78, 5) is 8.03. The molecule has 1 atom stereocenters. The van der Waals surface area contributed by atoms with Crippen LogP contribution in [0.2, 0.25) is 0 Å². The van der Waals surface area contributed by atoms with E-state index in [0.29, 0.717) is 12.4 Å².